The van der Waals surface area contributed by atoms with E-state index >= 15 is 24.0 Å². The summed E-state index contributed by atoms with van der Waals surface area (Å²) in [6, 6.07) is 24.7. The zero-order valence-corrected chi connectivity index (χ0v) is 54.3. The van der Waals surface area contributed by atoms with Crippen molar-refractivity contribution in [3.05, 3.63) is 224 Å². The Labute approximate surface area is 583 Å². The number of amides is 6. The summed E-state index contributed by atoms with van der Waals surface area (Å²) in [5.74, 6) is -15.0. The standard InChI is InChI=1S/C73H60Cl2N8O18/c1-83(30-32-7-10-35(11-8-32)34-5-3-2-4-6-34)31-45-51(87)29-44-57(65(45)89)43-23-37(13-15-49(43)85)59-69(93)82-63(72(96)81-62(44)73(97)98)64(88)38-14-18-53(47(75)24-38)101-56-27-40-26-55(66(56)90)100-52-17-9-33(19-46(52)74)20-48-67(91)78-60(70(94)80-61(40)71(95)79-59)39-21-41(84)28-42(22-39)99-54-25-36(12-16-50(54)86)58(76)68(92)77-48/h2-19,21-29,48,58-64,84-90H,20,30-31,76H2,1H3,(H,77,92)(H,78,91)(H,79,95)(H,80,94)(H,81,96)(H,82,93)(H,97,98)/t48-,58-,59-,60-,61-,62-,63-,64?/m0/s1. The molecule has 514 valence electrons. The Morgan fingerprint density at radius 2 is 1.11 bits per heavy atom. The number of nitrogens with two attached hydrogens (primary N) is 1. The molecule has 6 amide bonds. The van der Waals surface area contributed by atoms with Crippen molar-refractivity contribution in [2.24, 2.45) is 5.73 Å². The van der Waals surface area contributed by atoms with Crippen LogP contribution in [0.1, 0.15) is 86.4 Å². The molecule has 1 unspecified atom stereocenters. The number of carboxylic acid groups (broad SMARTS) is 1. The highest BCUT2D eigenvalue weighted by Crippen LogP contribution is 2.50. The minimum absolute atomic E-state index is 0.116. The van der Waals surface area contributed by atoms with Crippen LogP contribution in [0.4, 0.5) is 0 Å². The van der Waals surface area contributed by atoms with Crippen LogP contribution in [0, 0.1) is 0 Å². The van der Waals surface area contributed by atoms with E-state index in [1.165, 1.54) is 54.6 Å². The van der Waals surface area contributed by atoms with E-state index in [-0.39, 0.29) is 85.9 Å². The number of fused-ring (bicyclic) bond motifs is 14. The fourth-order valence-corrected chi connectivity index (χ4v) is 13.0. The summed E-state index contributed by atoms with van der Waals surface area (Å²) in [7, 11) is 1.68. The number of carbonyl (C=O) groups excluding carboxylic acids is 6. The molecular formula is C73H60Cl2N8O18. The molecule has 26 nitrogen and oxygen atoms in total. The van der Waals surface area contributed by atoms with E-state index in [1.807, 2.05) is 54.6 Å². The first-order valence-electron chi connectivity index (χ1n) is 31.2. The minimum atomic E-state index is -2.24. The van der Waals surface area contributed by atoms with Crippen LogP contribution < -0.4 is 51.8 Å². The first-order chi connectivity index (χ1) is 48.3. The molecule has 15 rings (SSSR count). The predicted octanol–water partition coefficient (Wildman–Crippen LogP) is 8.28. The topological polar surface area (TPSA) is 410 Å². The first kappa shape index (κ1) is 67.5. The first-order valence-corrected chi connectivity index (χ1v) is 32.0. The number of ether oxygens (including phenoxy) is 3. The molecule has 9 aromatic rings. The highest BCUT2D eigenvalue weighted by Gasteiger charge is 2.42. The van der Waals surface area contributed by atoms with Crippen LogP contribution in [-0.2, 0) is 53.1 Å². The van der Waals surface area contributed by atoms with Gasteiger partial charge in [-0.15, -0.1) is 0 Å². The molecule has 0 aliphatic carbocycles. The Bertz CT molecular complexity index is 4910. The number of benzene rings is 9. The maximum absolute atomic E-state index is 16.0. The number of carbonyl (C=O) groups is 7. The van der Waals surface area contributed by atoms with Gasteiger partial charge in [0.25, 0.3) is 0 Å². The molecule has 6 aliphatic heterocycles. The molecule has 0 saturated heterocycles. The average Bonchev–Trinajstić information content (AvgIpc) is 0.751. The number of hydrogen-bond acceptors (Lipinski definition) is 19. The molecule has 0 aromatic heterocycles. The lowest BCUT2D eigenvalue weighted by atomic mass is 9.88. The van der Waals surface area contributed by atoms with Crippen molar-refractivity contribution in [2.45, 2.75) is 67.9 Å². The van der Waals surface area contributed by atoms with Gasteiger partial charge in [0.2, 0.25) is 41.2 Å². The Morgan fingerprint density at radius 1 is 0.515 bits per heavy atom. The summed E-state index contributed by atoms with van der Waals surface area (Å²) in [5.41, 5.74) is 6.96. The van der Waals surface area contributed by atoms with E-state index < -0.39 is 152 Å². The molecule has 0 radical (unpaired) electrons. The zero-order chi connectivity index (χ0) is 71.4. The second-order valence-corrected chi connectivity index (χ2v) is 25.4. The molecule has 0 spiro atoms. The number of phenols is 6. The number of hydrogen-bond donors (Lipinski definition) is 15. The fraction of sp³-hybridized carbons (Fsp3) is 0.164. The van der Waals surface area contributed by atoms with Crippen LogP contribution >= 0.6 is 23.2 Å². The molecule has 6 heterocycles. The van der Waals surface area contributed by atoms with E-state index in [9.17, 15) is 50.4 Å². The monoisotopic (exact) mass is 1410 g/mol. The fourth-order valence-electron chi connectivity index (χ4n) is 12.5. The van der Waals surface area contributed by atoms with Gasteiger partial charge in [0.05, 0.1) is 15.6 Å². The van der Waals surface area contributed by atoms with Gasteiger partial charge in [-0.2, -0.15) is 0 Å². The molecule has 8 atom stereocenters. The van der Waals surface area contributed by atoms with E-state index in [0.29, 0.717) is 5.56 Å². The maximum Gasteiger partial charge on any atom is 0.330 e. The number of halogens is 2. The number of nitrogens with zero attached hydrogens (tertiary/aromatic N) is 1. The molecule has 0 fully saturated rings. The number of nitrogens with one attached hydrogen (secondary N) is 6. The third-order valence-corrected chi connectivity index (χ3v) is 18.3. The van der Waals surface area contributed by atoms with Crippen LogP contribution in [0.25, 0.3) is 22.3 Å². The SMILES string of the molecule is CN(Cc1ccc(-c2ccccc2)cc1)Cc1c(O)cc2c(c1O)-c1cc(ccc1O)[C@@H]1NC(=O)[C@H]3NC(=O)[C@H]4NC(=O)[C@H](Cc5ccc(c(Cl)c5)Oc5cc3cc(c5O)Oc3ccc(cc3Cl)C(O)[C@H](NC1=O)C(=O)N[C@@H]2C(=O)O)NC(=O)[C@@H](N)c1ccc(O)c(c1)Oc1cc(O)cc4c1. The van der Waals surface area contributed by atoms with Crippen LogP contribution in [0.5, 0.6) is 69.0 Å². The normalized spacial score (nSPS) is 20.4. The summed E-state index contributed by atoms with van der Waals surface area (Å²) in [5, 5.41) is 109. The van der Waals surface area contributed by atoms with Crippen molar-refractivity contribution in [2.75, 3.05) is 7.05 Å². The number of aliphatic carboxylic acids is 1. The highest BCUT2D eigenvalue weighted by atomic mass is 35.5. The smallest absolute Gasteiger partial charge is 0.330 e. The molecule has 17 bridgehead atoms. The predicted molar refractivity (Wildman–Crippen MR) is 362 cm³/mol. The van der Waals surface area contributed by atoms with Crippen LogP contribution in [-0.4, -0.2) is 106 Å². The summed E-state index contributed by atoms with van der Waals surface area (Å²) >= 11 is 13.8. The lowest BCUT2D eigenvalue weighted by molar-refractivity contribution is -0.143. The van der Waals surface area contributed by atoms with Crippen molar-refractivity contribution in [1.82, 2.24) is 36.8 Å². The van der Waals surface area contributed by atoms with Gasteiger partial charge in [0.1, 0.15) is 82.6 Å². The lowest BCUT2D eigenvalue weighted by Crippen LogP contribution is -2.55. The van der Waals surface area contributed by atoms with E-state index in [2.05, 4.69) is 31.9 Å². The average molecular weight is 1410 g/mol. The van der Waals surface area contributed by atoms with Crippen molar-refractivity contribution in [1.29, 1.82) is 0 Å². The van der Waals surface area contributed by atoms with Crippen LogP contribution in [0.2, 0.25) is 10.0 Å². The number of aromatic hydroxyl groups is 6. The van der Waals surface area contributed by atoms with E-state index in [0.717, 1.165) is 71.3 Å². The molecule has 9 aromatic carbocycles. The Kier molecular flexibility index (Phi) is 18.3. The summed E-state index contributed by atoms with van der Waals surface area (Å²) in [6.45, 7) is 0.00790. The molecular weight excluding hydrogens is 1350 g/mol. The van der Waals surface area contributed by atoms with Crippen LogP contribution in [0.15, 0.2) is 164 Å². The number of rotatable bonds is 6. The molecule has 28 heteroatoms. The van der Waals surface area contributed by atoms with E-state index in [4.69, 9.17) is 43.1 Å². The van der Waals surface area contributed by atoms with Crippen LogP contribution in [0.3, 0.4) is 0 Å². The summed E-state index contributed by atoms with van der Waals surface area (Å²) in [4.78, 5) is 107. The van der Waals surface area contributed by atoms with Gasteiger partial charge in [0, 0.05) is 42.3 Å². The Morgan fingerprint density at radius 3 is 1.78 bits per heavy atom. The van der Waals surface area contributed by atoms with Crippen molar-refractivity contribution >= 4 is 64.6 Å². The molecule has 0 saturated carbocycles. The van der Waals surface area contributed by atoms with E-state index in [1.54, 1.807) is 11.9 Å². The highest BCUT2D eigenvalue weighted by molar-refractivity contribution is 6.32. The number of aliphatic hydroxyl groups excluding tert-OH is 1. The third kappa shape index (κ3) is 13.7. The second kappa shape index (κ2) is 27.3. The van der Waals surface area contributed by atoms with Gasteiger partial charge in [-0.25, -0.2) is 4.79 Å². The lowest BCUT2D eigenvalue weighted by Gasteiger charge is -2.31. The maximum atomic E-state index is 16.0. The number of aliphatic hydroxyl groups is 1. The van der Waals surface area contributed by atoms with Gasteiger partial charge in [-0.3, -0.25) is 33.7 Å². The summed E-state index contributed by atoms with van der Waals surface area (Å²) < 4.78 is 18.6. The molecule has 16 N–H and O–H groups in total. The van der Waals surface area contributed by atoms with Crippen molar-refractivity contribution in [3.8, 4) is 91.2 Å². The molecule has 6 aliphatic rings. The second-order valence-electron chi connectivity index (χ2n) is 24.6. The van der Waals surface area contributed by atoms with Crippen molar-refractivity contribution < 1.29 is 88.6 Å². The molecule has 101 heavy (non-hydrogen) atoms. The largest absolute Gasteiger partial charge is 0.508 e. The Hall–Kier alpha value is -12.1. The Balaban J connectivity index is 0.981. The summed E-state index contributed by atoms with van der Waals surface area (Å²) in [6.07, 6.45) is -2.52. The van der Waals surface area contributed by atoms with Gasteiger partial charge in [0.15, 0.2) is 29.0 Å². The minimum Gasteiger partial charge on any atom is -0.508 e. The van der Waals surface area contributed by atoms with Gasteiger partial charge >= 0.3 is 5.97 Å². The number of carboxylic acids is 1. The third-order valence-electron chi connectivity index (χ3n) is 17.7. The van der Waals surface area contributed by atoms with Gasteiger partial charge in [-0.05, 0) is 136 Å². The number of phenolic OH excluding ortho intramolecular Hbond substituents is 6. The zero-order valence-electron chi connectivity index (χ0n) is 52.8. The van der Waals surface area contributed by atoms with Gasteiger partial charge in [-0.1, -0.05) is 102 Å². The van der Waals surface area contributed by atoms with Crippen molar-refractivity contribution in [3.63, 3.8) is 0 Å². The van der Waals surface area contributed by atoms with Gasteiger partial charge < -0.3 is 92.7 Å². The quantitative estimate of drug-likeness (QED) is 0.0744.